The highest BCUT2D eigenvalue weighted by Gasteiger charge is 2.51. The lowest BCUT2D eigenvalue weighted by atomic mass is 9.97. The lowest BCUT2D eigenvalue weighted by molar-refractivity contribution is -0.931. The SMILES string of the molecule is C[N+]1(C)[C@@H]2CC[C@H]1CC(OC(=O)C(O)c1ccccc1)C2.C[N+]1(C)[C@@H]2CC[C@H]1CC(OC(=O)C(O)c1ccccc1)C2.O=S(=O)([O-])c1cc(Nc2nc(Nc3ccccc3)nc(N3CCOCC3)n2)ccc1/C=C/c1ccc(Nc2nc(Nc3ccccc3)nc(N3CCOCC3)n2)cc1S(=O)(=O)[O-]. The number of esters is 2. The minimum absolute atomic E-state index is 0.0421. The number of quaternary nitrogens is 2. The molecule has 4 unspecified atom stereocenters. The highest BCUT2D eigenvalue weighted by atomic mass is 32.2. The number of anilines is 10. The number of carbonyl (C=O) groups excluding carboxylic acids is 2. The predicted molar refractivity (Wildman–Crippen MR) is 388 cm³/mol. The molecule has 0 amide bonds. The summed E-state index contributed by atoms with van der Waals surface area (Å²) < 4.78 is 99.9. The van der Waals surface area contributed by atoms with Crippen LogP contribution in [0.4, 0.5) is 58.4 Å². The van der Waals surface area contributed by atoms with E-state index in [1.807, 2.05) is 107 Å². The maximum absolute atomic E-state index is 12.6. The number of aliphatic hydroxyl groups excluding tert-OH is 2. The number of ether oxygens (including phenoxy) is 4. The fourth-order valence-electron chi connectivity index (χ4n) is 14.3. The number of piperidine rings is 2. The van der Waals surface area contributed by atoms with E-state index in [2.05, 4.69) is 79.4 Å². The Morgan fingerprint density at radius 3 is 1.07 bits per heavy atom. The first-order valence-corrected chi connectivity index (χ1v) is 37.5. The second-order valence-electron chi connectivity index (χ2n) is 27.5. The van der Waals surface area contributed by atoms with Gasteiger partial charge >= 0.3 is 11.9 Å². The van der Waals surface area contributed by atoms with Gasteiger partial charge in [-0.05, 0) is 70.8 Å². The summed E-state index contributed by atoms with van der Waals surface area (Å²) in [5.41, 5.74) is 2.82. The first kappa shape index (κ1) is 74.1. The first-order valence-electron chi connectivity index (χ1n) is 34.7. The lowest BCUT2D eigenvalue weighted by Crippen LogP contribution is -2.56. The van der Waals surface area contributed by atoms with Crippen molar-refractivity contribution in [1.29, 1.82) is 0 Å². The Bertz CT molecular complexity index is 4230. The van der Waals surface area contributed by atoms with Gasteiger partial charge in [0.2, 0.25) is 35.7 Å². The number of aliphatic hydroxyl groups is 2. The van der Waals surface area contributed by atoms with E-state index in [0.717, 1.165) is 58.2 Å². The Morgan fingerprint density at radius 1 is 0.462 bits per heavy atom. The van der Waals surface area contributed by atoms with Crippen molar-refractivity contribution in [2.24, 2.45) is 0 Å². The van der Waals surface area contributed by atoms with E-state index < -0.39 is 54.2 Å². The molecule has 6 aliphatic rings. The van der Waals surface area contributed by atoms with Crippen molar-refractivity contribution < 1.29 is 73.7 Å². The van der Waals surface area contributed by atoms with Gasteiger partial charge < -0.3 is 78.3 Å². The van der Waals surface area contributed by atoms with Gasteiger partial charge in [0.25, 0.3) is 0 Å². The van der Waals surface area contributed by atoms with Gasteiger partial charge in [-0.25, -0.2) is 26.4 Å². The molecule has 0 aliphatic carbocycles. The second kappa shape index (κ2) is 32.6. The Balaban J connectivity index is 0.000000194. The molecule has 6 fully saturated rings. The van der Waals surface area contributed by atoms with Gasteiger partial charge in [0.15, 0.2) is 12.2 Å². The number of aromatic nitrogens is 6. The zero-order valence-corrected chi connectivity index (χ0v) is 59.8. The Kier molecular flexibility index (Phi) is 23.2. The normalized spacial score (nSPS) is 21.6. The topological polar surface area (TPSA) is 358 Å². The average molecular weight is 1460 g/mol. The van der Waals surface area contributed by atoms with Crippen LogP contribution in [-0.4, -0.2) is 204 Å². The largest absolute Gasteiger partial charge is 0.744 e. The van der Waals surface area contributed by atoms with Crippen molar-refractivity contribution >= 4 is 103 Å². The summed E-state index contributed by atoms with van der Waals surface area (Å²) in [6.45, 7) is 4.04. The van der Waals surface area contributed by atoms with Crippen molar-refractivity contribution in [2.45, 2.75) is 110 Å². The van der Waals surface area contributed by atoms with Crippen LogP contribution in [0.3, 0.4) is 0 Å². The van der Waals surface area contributed by atoms with Crippen molar-refractivity contribution in [3.05, 3.63) is 180 Å². The molecule has 14 rings (SSSR count). The fourth-order valence-corrected chi connectivity index (χ4v) is 15.7. The summed E-state index contributed by atoms with van der Waals surface area (Å²) in [5, 5.41) is 32.4. The number of benzene rings is 6. The molecule has 28 nitrogen and oxygen atoms in total. The molecule has 548 valence electrons. The molecule has 104 heavy (non-hydrogen) atoms. The molecular weight excluding hydrogens is 1370 g/mol. The van der Waals surface area contributed by atoms with Gasteiger partial charge in [-0.15, -0.1) is 0 Å². The van der Waals surface area contributed by atoms with Crippen molar-refractivity contribution in [1.82, 2.24) is 29.9 Å². The van der Waals surface area contributed by atoms with E-state index in [1.54, 1.807) is 24.3 Å². The molecule has 8 heterocycles. The van der Waals surface area contributed by atoms with E-state index in [4.69, 9.17) is 18.9 Å². The van der Waals surface area contributed by atoms with Gasteiger partial charge in [0.1, 0.15) is 32.4 Å². The third-order valence-electron chi connectivity index (χ3n) is 20.2. The maximum Gasteiger partial charge on any atom is 0.339 e. The van der Waals surface area contributed by atoms with Crippen LogP contribution in [0.15, 0.2) is 168 Å². The molecule has 4 bridgehead atoms. The highest BCUT2D eigenvalue weighted by Crippen LogP contribution is 2.43. The minimum atomic E-state index is -5.10. The van der Waals surface area contributed by atoms with Gasteiger partial charge in [0.05, 0.1) is 88.6 Å². The summed E-state index contributed by atoms with van der Waals surface area (Å²) in [7, 11) is -1.08. The monoisotopic (exact) mass is 1460 g/mol. The number of fused-ring (bicyclic) bond motifs is 4. The standard InChI is InChI=1S/C40H40N12O8S2.2C17H24NO3/c53-61(54,55)33-25-31(43-37-45-35(41-29-7-3-1-4-8-29)47-39(49-37)51-17-21-59-22-18-51)15-13-27(33)11-12-28-14-16-32(26-34(28)62(56,57)58)44-38-46-36(42-30-9-5-2-6-10-30)48-40(50-38)52-19-23-60-24-20-52;2*1-18(2)13-8-9-14(18)11-15(10-13)21-17(20)16(19)12-6-4-3-5-7-12/h1-16,25-26H,17-24H2,(H,53,54,55)(H,56,57,58)(H2,41,43,45,47,49)(H2,42,44,46,48,50);2*3-7,13-16,19H,8-11H2,1-2H3/q;2*+1/p-2/b12-11+;;/t;2*13-,14+,15?,16?. The smallest absolute Gasteiger partial charge is 0.339 e. The van der Waals surface area contributed by atoms with Crippen LogP contribution in [0, 0.1) is 0 Å². The maximum atomic E-state index is 12.6. The van der Waals surface area contributed by atoms with E-state index >= 15 is 0 Å². The minimum Gasteiger partial charge on any atom is -0.744 e. The number of morpholine rings is 2. The molecule has 8 atom stereocenters. The molecule has 6 aromatic carbocycles. The van der Waals surface area contributed by atoms with E-state index in [9.17, 15) is 45.7 Å². The van der Waals surface area contributed by atoms with Gasteiger partial charge in [0, 0.05) is 100 Å². The van der Waals surface area contributed by atoms with E-state index in [0.29, 0.717) is 99.8 Å². The molecule has 0 spiro atoms. The molecule has 6 aliphatic heterocycles. The molecule has 0 radical (unpaired) electrons. The zero-order chi connectivity index (χ0) is 73.2. The van der Waals surface area contributed by atoms with E-state index in [1.165, 1.54) is 62.1 Å². The van der Waals surface area contributed by atoms with Crippen LogP contribution in [0.25, 0.3) is 12.2 Å². The van der Waals surface area contributed by atoms with Gasteiger partial charge in [-0.3, -0.25) is 0 Å². The van der Waals surface area contributed by atoms with Crippen LogP contribution in [0.5, 0.6) is 0 Å². The van der Waals surface area contributed by atoms with Crippen LogP contribution < -0.4 is 31.1 Å². The molecule has 6 N–H and O–H groups in total. The number of para-hydroxylation sites is 2. The number of nitrogens with one attached hydrogen (secondary N) is 4. The molecule has 6 saturated heterocycles. The number of carbonyl (C=O) groups is 2. The molecule has 30 heteroatoms. The number of rotatable bonds is 20. The number of nitrogens with zero attached hydrogens (tertiary/aromatic N) is 10. The summed E-state index contributed by atoms with van der Waals surface area (Å²) >= 11 is 0. The number of hydrogen-bond acceptors (Lipinski definition) is 26. The van der Waals surface area contributed by atoms with Crippen LogP contribution >= 0.6 is 0 Å². The second-order valence-corrected chi connectivity index (χ2v) is 30.2. The quantitative estimate of drug-likeness (QED) is 0.0180. The molecular formula is C74H86N14O14S2. The van der Waals surface area contributed by atoms with Crippen LogP contribution in [-0.2, 0) is 48.8 Å². The van der Waals surface area contributed by atoms with Gasteiger partial charge in [-0.1, -0.05) is 121 Å². The van der Waals surface area contributed by atoms with E-state index in [-0.39, 0.29) is 58.5 Å². The van der Waals surface area contributed by atoms with Crippen LogP contribution in [0.2, 0.25) is 0 Å². The summed E-state index contributed by atoms with van der Waals surface area (Å²) in [6, 6.07) is 46.7. The summed E-state index contributed by atoms with van der Waals surface area (Å²) in [6.07, 6.45) is 8.55. The van der Waals surface area contributed by atoms with Crippen molar-refractivity contribution in [3.63, 3.8) is 0 Å². The van der Waals surface area contributed by atoms with Crippen LogP contribution in [0.1, 0.15) is 85.8 Å². The van der Waals surface area contributed by atoms with Crippen molar-refractivity contribution in [2.75, 3.05) is 112 Å². The fraction of sp³-hybridized carbons (Fsp3) is 0.378. The zero-order valence-electron chi connectivity index (χ0n) is 58.2. The molecule has 8 aromatic rings. The molecule has 2 aromatic heterocycles. The lowest BCUT2D eigenvalue weighted by Gasteiger charge is -2.43. The first-order chi connectivity index (χ1) is 49.9. The average Bonchev–Trinajstić information content (AvgIpc) is 1.60. The Hall–Kier alpha value is -9.60. The third-order valence-corrected chi connectivity index (χ3v) is 22.0. The predicted octanol–water partition coefficient (Wildman–Crippen LogP) is 8.75. The highest BCUT2D eigenvalue weighted by molar-refractivity contribution is 7.86. The van der Waals surface area contributed by atoms with Crippen molar-refractivity contribution in [3.8, 4) is 0 Å². The molecule has 0 saturated carbocycles. The number of hydrogen-bond donors (Lipinski definition) is 6. The Morgan fingerprint density at radius 2 is 0.760 bits per heavy atom. The summed E-state index contributed by atoms with van der Waals surface area (Å²) in [5.74, 6) is 0.225. The summed E-state index contributed by atoms with van der Waals surface area (Å²) in [4.78, 5) is 54.0. The van der Waals surface area contributed by atoms with Gasteiger partial charge in [-0.2, -0.15) is 29.9 Å². The third kappa shape index (κ3) is 18.7. The Labute approximate surface area is 604 Å².